The van der Waals surface area contributed by atoms with Crippen LogP contribution in [0.3, 0.4) is 0 Å². The first-order chi connectivity index (χ1) is 14.9. The highest BCUT2D eigenvalue weighted by atomic mass is 16.5. The summed E-state index contributed by atoms with van der Waals surface area (Å²) in [6, 6.07) is 0. The van der Waals surface area contributed by atoms with Crippen LogP contribution in [0.5, 0.6) is 0 Å². The normalized spacial score (nSPS) is 33.4. The molecule has 2 aliphatic rings. The van der Waals surface area contributed by atoms with Crippen molar-refractivity contribution < 1.29 is 14.6 Å². The standard InChI is InChI=1S/C28H49NO3/c1-20(10-7-16-27(5,31)17-9-12-22(3)26(29)30)11-8-18-28(6)19-15-24-14-13-21(2)23(4)25(24)32-28/h10,13-14,21-25,31H,7-9,11-12,15-19H2,1-6H3,(H2,29,30)/b20-10+. The van der Waals surface area contributed by atoms with Crippen LogP contribution in [0.4, 0.5) is 0 Å². The highest BCUT2D eigenvalue weighted by molar-refractivity contribution is 5.76. The molecule has 1 saturated heterocycles. The van der Waals surface area contributed by atoms with E-state index in [1.54, 1.807) is 0 Å². The predicted molar refractivity (Wildman–Crippen MR) is 133 cm³/mol. The van der Waals surface area contributed by atoms with Crippen molar-refractivity contribution in [1.82, 2.24) is 0 Å². The Balaban J connectivity index is 1.69. The third kappa shape index (κ3) is 8.33. The number of hydrogen-bond donors (Lipinski definition) is 2. The monoisotopic (exact) mass is 447 g/mol. The average molecular weight is 448 g/mol. The molecular formula is C28H49NO3. The van der Waals surface area contributed by atoms with Gasteiger partial charge in [-0.05, 0) is 96.8 Å². The zero-order valence-electron chi connectivity index (χ0n) is 21.5. The fraction of sp³-hybridized carbons (Fsp3) is 0.821. The Morgan fingerprint density at radius 1 is 1.31 bits per heavy atom. The molecule has 0 radical (unpaired) electrons. The fourth-order valence-corrected chi connectivity index (χ4v) is 5.32. The topological polar surface area (TPSA) is 72.5 Å². The van der Waals surface area contributed by atoms with Gasteiger partial charge in [-0.2, -0.15) is 0 Å². The van der Waals surface area contributed by atoms with E-state index in [2.05, 4.69) is 45.9 Å². The number of rotatable bonds is 12. The number of hydrogen-bond acceptors (Lipinski definition) is 3. The molecule has 0 spiro atoms. The lowest BCUT2D eigenvalue weighted by atomic mass is 9.72. The molecule has 2 rings (SSSR count). The van der Waals surface area contributed by atoms with Crippen LogP contribution in [0.1, 0.15) is 106 Å². The lowest BCUT2D eigenvalue weighted by molar-refractivity contribution is -0.164. The fourth-order valence-electron chi connectivity index (χ4n) is 5.32. The number of amides is 1. The SMILES string of the molecule is C/C(=C\CCC(C)(O)CCCC(C)C(N)=O)CCCC1(C)CCC2C=CC(C)C(C)C2O1. The van der Waals surface area contributed by atoms with Gasteiger partial charge in [-0.1, -0.05) is 44.6 Å². The molecule has 1 aliphatic carbocycles. The van der Waals surface area contributed by atoms with E-state index in [0.29, 0.717) is 30.3 Å². The van der Waals surface area contributed by atoms with Crippen LogP contribution >= 0.6 is 0 Å². The lowest BCUT2D eigenvalue weighted by Gasteiger charge is -2.47. The molecule has 184 valence electrons. The van der Waals surface area contributed by atoms with Crippen molar-refractivity contribution in [2.24, 2.45) is 29.4 Å². The van der Waals surface area contributed by atoms with Gasteiger partial charge in [0.2, 0.25) is 5.91 Å². The lowest BCUT2D eigenvalue weighted by Crippen LogP contribution is -2.47. The van der Waals surface area contributed by atoms with E-state index in [4.69, 9.17) is 10.5 Å². The van der Waals surface area contributed by atoms with Crippen molar-refractivity contribution in [1.29, 1.82) is 0 Å². The summed E-state index contributed by atoms with van der Waals surface area (Å²) < 4.78 is 6.70. The van der Waals surface area contributed by atoms with E-state index in [1.165, 1.54) is 12.0 Å². The molecule has 4 nitrogen and oxygen atoms in total. The number of allylic oxidation sites excluding steroid dienone is 3. The summed E-state index contributed by atoms with van der Waals surface area (Å²) in [5.41, 5.74) is 6.04. The van der Waals surface area contributed by atoms with Crippen molar-refractivity contribution in [3.05, 3.63) is 23.8 Å². The third-order valence-corrected chi connectivity index (χ3v) is 8.15. The first-order valence-corrected chi connectivity index (χ1v) is 13.0. The largest absolute Gasteiger partial charge is 0.390 e. The molecule has 32 heavy (non-hydrogen) atoms. The molecule has 1 aliphatic heterocycles. The summed E-state index contributed by atoms with van der Waals surface area (Å²) >= 11 is 0. The number of carbonyl (C=O) groups excluding carboxylic acids is 1. The maximum Gasteiger partial charge on any atom is 0.220 e. The number of primary amides is 1. The zero-order valence-corrected chi connectivity index (χ0v) is 21.5. The van der Waals surface area contributed by atoms with Crippen molar-refractivity contribution >= 4 is 5.91 Å². The average Bonchev–Trinajstić information content (AvgIpc) is 2.70. The molecule has 1 fully saturated rings. The van der Waals surface area contributed by atoms with Gasteiger partial charge in [-0.3, -0.25) is 4.79 Å². The minimum absolute atomic E-state index is 0.00628. The Morgan fingerprint density at radius 3 is 2.72 bits per heavy atom. The van der Waals surface area contributed by atoms with E-state index < -0.39 is 5.60 Å². The minimum atomic E-state index is -0.684. The minimum Gasteiger partial charge on any atom is -0.390 e. The zero-order chi connectivity index (χ0) is 23.9. The number of fused-ring (bicyclic) bond motifs is 1. The quantitative estimate of drug-likeness (QED) is 0.344. The summed E-state index contributed by atoms with van der Waals surface area (Å²) in [6.45, 7) is 12.9. The molecule has 7 unspecified atom stereocenters. The Bertz CT molecular complexity index is 668. The van der Waals surface area contributed by atoms with Crippen molar-refractivity contribution in [2.75, 3.05) is 0 Å². The Labute approximate surface area is 197 Å². The highest BCUT2D eigenvalue weighted by Gasteiger charge is 2.42. The highest BCUT2D eigenvalue weighted by Crippen LogP contribution is 2.43. The first-order valence-electron chi connectivity index (χ1n) is 13.0. The van der Waals surface area contributed by atoms with Gasteiger partial charge in [-0.15, -0.1) is 0 Å². The van der Waals surface area contributed by atoms with Crippen LogP contribution in [-0.2, 0) is 9.53 Å². The van der Waals surface area contributed by atoms with Crippen LogP contribution in [0.25, 0.3) is 0 Å². The van der Waals surface area contributed by atoms with E-state index in [1.807, 2.05) is 13.8 Å². The Kier molecular flexibility index (Phi) is 10.0. The second kappa shape index (κ2) is 11.8. The van der Waals surface area contributed by atoms with Crippen LogP contribution in [0.15, 0.2) is 23.8 Å². The summed E-state index contributed by atoms with van der Waals surface area (Å²) in [6.07, 6.45) is 17.1. The Morgan fingerprint density at radius 2 is 2.03 bits per heavy atom. The maximum atomic E-state index is 11.1. The van der Waals surface area contributed by atoms with Gasteiger partial charge in [0.1, 0.15) is 0 Å². The molecule has 7 atom stereocenters. The predicted octanol–water partition coefficient (Wildman–Crippen LogP) is 6.32. The molecule has 0 aromatic carbocycles. The molecule has 0 aromatic heterocycles. The van der Waals surface area contributed by atoms with Crippen LogP contribution in [-0.4, -0.2) is 28.3 Å². The summed E-state index contributed by atoms with van der Waals surface area (Å²) in [4.78, 5) is 11.1. The molecule has 0 saturated carbocycles. The van der Waals surface area contributed by atoms with Gasteiger partial charge < -0.3 is 15.6 Å². The van der Waals surface area contributed by atoms with Crippen molar-refractivity contribution in [2.45, 2.75) is 123 Å². The third-order valence-electron chi connectivity index (χ3n) is 8.15. The molecule has 3 N–H and O–H groups in total. The van der Waals surface area contributed by atoms with Crippen molar-refractivity contribution in [3.63, 3.8) is 0 Å². The van der Waals surface area contributed by atoms with Gasteiger partial charge in [-0.25, -0.2) is 0 Å². The smallest absolute Gasteiger partial charge is 0.220 e. The molecule has 0 bridgehead atoms. The molecule has 4 heteroatoms. The summed E-state index contributed by atoms with van der Waals surface area (Å²) in [5, 5.41) is 10.6. The molecular weight excluding hydrogens is 398 g/mol. The van der Waals surface area contributed by atoms with Gasteiger partial charge in [0.25, 0.3) is 0 Å². The maximum absolute atomic E-state index is 11.1. The van der Waals surface area contributed by atoms with E-state index >= 15 is 0 Å². The number of ether oxygens (including phenoxy) is 1. The second-order valence-corrected chi connectivity index (χ2v) is 11.5. The van der Waals surface area contributed by atoms with Crippen LogP contribution in [0.2, 0.25) is 0 Å². The van der Waals surface area contributed by atoms with Gasteiger partial charge in [0.15, 0.2) is 0 Å². The second-order valence-electron chi connectivity index (χ2n) is 11.5. The van der Waals surface area contributed by atoms with Crippen LogP contribution < -0.4 is 5.73 Å². The van der Waals surface area contributed by atoms with Gasteiger partial charge in [0, 0.05) is 11.8 Å². The van der Waals surface area contributed by atoms with E-state index in [-0.39, 0.29) is 17.4 Å². The van der Waals surface area contributed by atoms with Crippen LogP contribution in [0, 0.1) is 23.7 Å². The first kappa shape index (κ1) is 27.1. The van der Waals surface area contributed by atoms with E-state index in [0.717, 1.165) is 51.4 Å². The molecule has 1 amide bonds. The summed E-state index contributed by atoms with van der Waals surface area (Å²) in [7, 11) is 0. The summed E-state index contributed by atoms with van der Waals surface area (Å²) in [5.74, 6) is 1.43. The molecule has 0 aromatic rings. The Hall–Kier alpha value is -1.13. The molecule has 1 heterocycles. The van der Waals surface area contributed by atoms with E-state index in [9.17, 15) is 9.90 Å². The number of carbonyl (C=O) groups is 1. The number of nitrogens with two attached hydrogens (primary N) is 1. The van der Waals surface area contributed by atoms with Gasteiger partial charge in [0.05, 0.1) is 17.3 Å². The van der Waals surface area contributed by atoms with Crippen molar-refractivity contribution in [3.8, 4) is 0 Å². The van der Waals surface area contributed by atoms with Gasteiger partial charge >= 0.3 is 0 Å². The number of aliphatic hydroxyl groups is 1.